The van der Waals surface area contributed by atoms with Gasteiger partial charge in [0.2, 0.25) is 0 Å². The zero-order valence-corrected chi connectivity index (χ0v) is 20.4. The van der Waals surface area contributed by atoms with Gasteiger partial charge in [-0.05, 0) is 60.2 Å². The molecule has 3 aromatic carbocycles. The second kappa shape index (κ2) is 10.7. The predicted molar refractivity (Wildman–Crippen MR) is 140 cm³/mol. The maximum Gasteiger partial charge on any atom is 0.0684 e. The van der Waals surface area contributed by atoms with Crippen molar-refractivity contribution in [2.24, 2.45) is 0 Å². The van der Waals surface area contributed by atoms with E-state index in [0.717, 1.165) is 64.1 Å². The highest BCUT2D eigenvalue weighted by atomic mass is 16.3. The summed E-state index contributed by atoms with van der Waals surface area (Å²) in [4.78, 5) is 7.66. The number of rotatable bonds is 7. The minimum absolute atomic E-state index is 0.133. The van der Waals surface area contributed by atoms with Gasteiger partial charge in [0, 0.05) is 51.0 Å². The number of fused-ring (bicyclic) bond motifs is 1. The van der Waals surface area contributed by atoms with E-state index in [1.54, 1.807) is 0 Å². The lowest BCUT2D eigenvalue weighted by Gasteiger charge is -2.40. The first-order valence-corrected chi connectivity index (χ1v) is 12.7. The molecule has 0 amide bonds. The van der Waals surface area contributed by atoms with E-state index >= 15 is 0 Å². The maximum atomic E-state index is 10.1. The number of aliphatic hydroxyl groups excluding tert-OH is 1. The molecule has 4 heteroatoms. The molecule has 0 saturated carbocycles. The molecule has 2 aliphatic rings. The van der Waals surface area contributed by atoms with Crippen molar-refractivity contribution in [1.29, 1.82) is 0 Å². The van der Waals surface area contributed by atoms with E-state index in [1.807, 2.05) is 0 Å². The lowest BCUT2D eigenvalue weighted by Crippen LogP contribution is -2.45. The fourth-order valence-corrected chi connectivity index (χ4v) is 5.67. The molecule has 4 nitrogen and oxygen atoms in total. The van der Waals surface area contributed by atoms with Crippen LogP contribution in [-0.4, -0.2) is 54.2 Å². The van der Waals surface area contributed by atoms with Crippen molar-refractivity contribution in [3.05, 3.63) is 101 Å². The topological polar surface area (TPSA) is 30.0 Å². The van der Waals surface area contributed by atoms with Gasteiger partial charge in [-0.3, -0.25) is 4.90 Å². The fourth-order valence-electron chi connectivity index (χ4n) is 5.67. The molecule has 1 N–H and O–H groups in total. The summed E-state index contributed by atoms with van der Waals surface area (Å²) in [6.45, 7) is 6.40. The van der Waals surface area contributed by atoms with Gasteiger partial charge >= 0.3 is 0 Å². The van der Waals surface area contributed by atoms with E-state index < -0.39 is 0 Å². The highest BCUT2D eigenvalue weighted by Gasteiger charge is 2.29. The predicted octanol–water partition coefficient (Wildman–Crippen LogP) is 4.49. The van der Waals surface area contributed by atoms with E-state index in [9.17, 15) is 5.11 Å². The molecule has 1 atom stereocenters. The molecule has 1 unspecified atom stereocenters. The number of likely N-dealkylation sites (N-methyl/N-ethyl adjacent to an activating group) is 1. The van der Waals surface area contributed by atoms with Gasteiger partial charge in [0.05, 0.1) is 6.61 Å². The zero-order chi connectivity index (χ0) is 23.3. The van der Waals surface area contributed by atoms with E-state index in [2.05, 4.69) is 94.5 Å². The first kappa shape index (κ1) is 23.1. The zero-order valence-electron chi connectivity index (χ0n) is 20.4. The third kappa shape index (κ3) is 5.20. The van der Waals surface area contributed by atoms with Crippen LogP contribution in [0.15, 0.2) is 72.8 Å². The number of piperazine rings is 1. The molecule has 0 bridgehead atoms. The Morgan fingerprint density at radius 2 is 1.41 bits per heavy atom. The first-order chi connectivity index (χ1) is 16.7. The van der Waals surface area contributed by atoms with Crippen molar-refractivity contribution >= 4 is 5.69 Å². The lowest BCUT2D eigenvalue weighted by atomic mass is 9.83. The van der Waals surface area contributed by atoms with Crippen molar-refractivity contribution in [2.75, 3.05) is 38.1 Å². The molecule has 0 aromatic heterocycles. The molecular weight excluding hydrogens is 418 g/mol. The van der Waals surface area contributed by atoms with Crippen LogP contribution >= 0.6 is 0 Å². The second-order valence-electron chi connectivity index (χ2n) is 9.92. The summed E-state index contributed by atoms with van der Waals surface area (Å²) in [6, 6.07) is 26.7. The molecule has 178 valence electrons. The van der Waals surface area contributed by atoms with E-state index in [-0.39, 0.29) is 6.61 Å². The van der Waals surface area contributed by atoms with Gasteiger partial charge in [-0.2, -0.15) is 0 Å². The van der Waals surface area contributed by atoms with Crippen LogP contribution in [0.25, 0.3) is 0 Å². The molecule has 1 heterocycles. The largest absolute Gasteiger partial charge is 0.392 e. The molecule has 1 aliphatic heterocycles. The number of anilines is 1. The van der Waals surface area contributed by atoms with Crippen molar-refractivity contribution < 1.29 is 5.11 Å². The summed E-state index contributed by atoms with van der Waals surface area (Å²) in [5.74, 6) is 0. The van der Waals surface area contributed by atoms with Gasteiger partial charge in [0.25, 0.3) is 0 Å². The third-order valence-corrected chi connectivity index (χ3v) is 7.66. The van der Waals surface area contributed by atoms with Crippen LogP contribution in [0.4, 0.5) is 5.69 Å². The number of hydrogen-bond acceptors (Lipinski definition) is 4. The summed E-state index contributed by atoms with van der Waals surface area (Å²) < 4.78 is 0. The fraction of sp³-hybridized carbons (Fsp3) is 0.400. The number of aliphatic hydroxyl groups is 1. The standard InChI is InChI=1S/C30H37N3O/c1-31-16-18-32(19-17-31)30-15-12-26(23-34)28-14-13-27(20-29(28)30)33(21-24-8-4-2-5-9-24)22-25-10-6-3-7-11-25/h2-12,15,27,34H,13-14,16-23H2,1H3. The van der Waals surface area contributed by atoms with Crippen LogP contribution < -0.4 is 4.90 Å². The number of hydrogen-bond donors (Lipinski definition) is 1. The smallest absolute Gasteiger partial charge is 0.0684 e. The van der Waals surface area contributed by atoms with Crippen LogP contribution in [-0.2, 0) is 32.5 Å². The molecule has 5 rings (SSSR count). The number of benzene rings is 3. The van der Waals surface area contributed by atoms with Crippen LogP contribution in [0.5, 0.6) is 0 Å². The van der Waals surface area contributed by atoms with E-state index in [4.69, 9.17) is 0 Å². The Labute approximate surface area is 204 Å². The Hall–Kier alpha value is -2.66. The Morgan fingerprint density at radius 3 is 2.00 bits per heavy atom. The van der Waals surface area contributed by atoms with Crippen molar-refractivity contribution in [1.82, 2.24) is 9.80 Å². The normalized spacial score (nSPS) is 18.8. The van der Waals surface area contributed by atoms with Crippen molar-refractivity contribution in [2.45, 2.75) is 45.0 Å². The highest BCUT2D eigenvalue weighted by Crippen LogP contribution is 2.36. The summed E-state index contributed by atoms with van der Waals surface area (Å²) in [6.07, 6.45) is 3.22. The average molecular weight is 456 g/mol. The third-order valence-electron chi connectivity index (χ3n) is 7.66. The van der Waals surface area contributed by atoms with Gasteiger partial charge in [0.1, 0.15) is 0 Å². The molecule has 3 aromatic rings. The molecular formula is C30H37N3O. The minimum atomic E-state index is 0.133. The quantitative estimate of drug-likeness (QED) is 0.569. The van der Waals surface area contributed by atoms with Gasteiger partial charge in [-0.1, -0.05) is 66.7 Å². The Kier molecular flexibility index (Phi) is 7.29. The molecule has 0 radical (unpaired) electrons. The van der Waals surface area contributed by atoms with Crippen molar-refractivity contribution in [3.8, 4) is 0 Å². The van der Waals surface area contributed by atoms with Crippen LogP contribution in [0.1, 0.15) is 34.2 Å². The van der Waals surface area contributed by atoms with E-state index in [0.29, 0.717) is 6.04 Å². The summed E-state index contributed by atoms with van der Waals surface area (Å²) in [5, 5.41) is 10.1. The van der Waals surface area contributed by atoms with Gasteiger partial charge in [-0.15, -0.1) is 0 Å². The molecule has 1 saturated heterocycles. The van der Waals surface area contributed by atoms with Gasteiger partial charge in [0.15, 0.2) is 0 Å². The Balaban J connectivity index is 1.45. The lowest BCUT2D eigenvalue weighted by molar-refractivity contribution is 0.161. The van der Waals surface area contributed by atoms with E-state index in [1.165, 1.54) is 27.9 Å². The monoisotopic (exact) mass is 455 g/mol. The molecule has 0 spiro atoms. The van der Waals surface area contributed by atoms with Crippen LogP contribution in [0.3, 0.4) is 0 Å². The Bertz CT molecular complexity index is 1020. The van der Waals surface area contributed by atoms with Crippen LogP contribution in [0, 0.1) is 0 Å². The Morgan fingerprint density at radius 1 is 0.794 bits per heavy atom. The van der Waals surface area contributed by atoms with Crippen LogP contribution in [0.2, 0.25) is 0 Å². The summed E-state index contributed by atoms with van der Waals surface area (Å²) in [7, 11) is 2.21. The highest BCUT2D eigenvalue weighted by molar-refractivity contribution is 5.60. The minimum Gasteiger partial charge on any atom is -0.392 e. The molecule has 1 aliphatic carbocycles. The average Bonchev–Trinajstić information content (AvgIpc) is 2.89. The molecule has 34 heavy (non-hydrogen) atoms. The number of nitrogens with zero attached hydrogens (tertiary/aromatic N) is 3. The first-order valence-electron chi connectivity index (χ1n) is 12.7. The van der Waals surface area contributed by atoms with Gasteiger partial charge in [-0.25, -0.2) is 0 Å². The summed E-state index contributed by atoms with van der Waals surface area (Å²) in [5.41, 5.74) is 8.11. The summed E-state index contributed by atoms with van der Waals surface area (Å²) >= 11 is 0. The second-order valence-corrected chi connectivity index (χ2v) is 9.92. The maximum absolute atomic E-state index is 10.1. The SMILES string of the molecule is CN1CCN(c2ccc(CO)c3c2CC(N(Cc2ccccc2)Cc2ccccc2)CC3)CC1. The molecule has 1 fully saturated rings. The van der Waals surface area contributed by atoms with Gasteiger partial charge < -0.3 is 14.9 Å². The van der Waals surface area contributed by atoms with Crippen molar-refractivity contribution in [3.63, 3.8) is 0 Å².